The van der Waals surface area contributed by atoms with Crippen LogP contribution < -0.4 is 14.8 Å². The summed E-state index contributed by atoms with van der Waals surface area (Å²) < 4.78 is 49.8. The second kappa shape index (κ2) is 6.16. The number of fused-ring (bicyclic) bond motifs is 1. The Morgan fingerprint density at radius 3 is 2.56 bits per heavy atom. The van der Waals surface area contributed by atoms with Crippen molar-refractivity contribution in [2.45, 2.75) is 26.4 Å². The lowest BCUT2D eigenvalue weighted by molar-refractivity contribution is -0.214. The summed E-state index contributed by atoms with van der Waals surface area (Å²) in [5.74, 6) is -0.496. The van der Waals surface area contributed by atoms with Crippen molar-refractivity contribution >= 4 is 23.3 Å². The molecule has 2 amide bonds. The molecule has 0 saturated carbocycles. The minimum Gasteiger partial charge on any atom is -0.454 e. The highest BCUT2D eigenvalue weighted by atomic mass is 35.5. The molecule has 1 aromatic carbocycles. The number of ether oxygens (including phenoxy) is 2. The van der Waals surface area contributed by atoms with E-state index in [0.717, 1.165) is 0 Å². The van der Waals surface area contributed by atoms with Crippen LogP contribution in [-0.2, 0) is 0 Å². The Morgan fingerprint density at radius 1 is 1.32 bits per heavy atom. The number of alkyl halides is 3. The summed E-state index contributed by atoms with van der Waals surface area (Å²) in [6.07, 6.45) is -4.40. The summed E-state index contributed by atoms with van der Waals surface area (Å²) in [6, 6.07) is 2.57. The molecule has 1 N–H and O–H groups in total. The first-order valence-electron chi connectivity index (χ1n) is 7.80. The van der Waals surface area contributed by atoms with Crippen LogP contribution in [0, 0.1) is 11.3 Å². The lowest BCUT2D eigenvalue weighted by Gasteiger charge is -2.44. The van der Waals surface area contributed by atoms with E-state index in [0.29, 0.717) is 17.2 Å². The summed E-state index contributed by atoms with van der Waals surface area (Å²) in [7, 11) is 0. The van der Waals surface area contributed by atoms with Gasteiger partial charge in [-0.15, -0.1) is 0 Å². The van der Waals surface area contributed by atoms with E-state index in [4.69, 9.17) is 21.1 Å². The summed E-state index contributed by atoms with van der Waals surface area (Å²) >= 11 is 6.11. The van der Waals surface area contributed by atoms with Crippen molar-refractivity contribution in [1.29, 1.82) is 0 Å². The van der Waals surface area contributed by atoms with Crippen molar-refractivity contribution in [2.24, 2.45) is 11.3 Å². The van der Waals surface area contributed by atoms with E-state index < -0.39 is 23.5 Å². The highest BCUT2D eigenvalue weighted by Crippen LogP contribution is 2.45. The third-order valence-electron chi connectivity index (χ3n) is 4.62. The molecule has 0 aromatic heterocycles. The van der Waals surface area contributed by atoms with Crippen LogP contribution in [0.1, 0.15) is 20.3 Å². The Hall–Kier alpha value is -1.83. The standard InChI is InChI=1S/C16H18ClF3N2O3/c1-15(2)7-22(4-3-13(15)16(18,19)20)14(23)21-10-6-12-11(5-9(10)17)24-8-25-12/h5-6,13H,3-4,7-8H2,1-2H3,(H,21,23). The molecule has 0 spiro atoms. The van der Waals surface area contributed by atoms with Crippen LogP contribution in [0.5, 0.6) is 11.5 Å². The Labute approximate surface area is 148 Å². The van der Waals surface area contributed by atoms with Crippen LogP contribution in [0.2, 0.25) is 5.02 Å². The summed E-state index contributed by atoms with van der Waals surface area (Å²) in [5, 5.41) is 2.91. The second-order valence-electron chi connectivity index (χ2n) is 6.91. The Kier molecular flexibility index (Phi) is 4.43. The average molecular weight is 379 g/mol. The number of carbonyl (C=O) groups excluding carboxylic acids is 1. The number of rotatable bonds is 1. The van der Waals surface area contributed by atoms with Crippen molar-refractivity contribution in [3.8, 4) is 11.5 Å². The Bertz CT molecular complexity index is 694. The SMILES string of the molecule is CC1(C)CN(C(=O)Nc2cc3c(cc2Cl)OCO3)CCC1C(F)(F)F. The maximum absolute atomic E-state index is 13.1. The van der Waals surface area contributed by atoms with E-state index in [1.807, 2.05) is 0 Å². The van der Waals surface area contributed by atoms with Crippen LogP contribution in [0.3, 0.4) is 0 Å². The normalized spacial score (nSPS) is 22.0. The van der Waals surface area contributed by atoms with Crippen molar-refractivity contribution in [2.75, 3.05) is 25.2 Å². The van der Waals surface area contributed by atoms with Crippen molar-refractivity contribution < 1.29 is 27.4 Å². The van der Waals surface area contributed by atoms with Crippen molar-refractivity contribution in [3.63, 3.8) is 0 Å². The first kappa shape index (κ1) is 18.0. The average Bonchev–Trinajstić information content (AvgIpc) is 2.92. The predicted molar refractivity (Wildman–Crippen MR) is 86.1 cm³/mol. The molecule has 25 heavy (non-hydrogen) atoms. The first-order chi connectivity index (χ1) is 11.6. The van der Waals surface area contributed by atoms with Gasteiger partial charge >= 0.3 is 12.2 Å². The molecule has 1 unspecified atom stereocenters. The predicted octanol–water partition coefficient (Wildman–Crippen LogP) is 4.51. The molecule has 0 bridgehead atoms. The molecule has 2 heterocycles. The van der Waals surface area contributed by atoms with Gasteiger partial charge in [0.25, 0.3) is 0 Å². The van der Waals surface area contributed by atoms with Gasteiger partial charge in [-0.05, 0) is 11.8 Å². The van der Waals surface area contributed by atoms with Crippen LogP contribution in [0.4, 0.5) is 23.7 Å². The molecule has 5 nitrogen and oxygen atoms in total. The number of benzene rings is 1. The Balaban J connectivity index is 1.71. The van der Waals surface area contributed by atoms with Gasteiger partial charge in [-0.2, -0.15) is 13.2 Å². The number of nitrogens with one attached hydrogen (secondary N) is 1. The summed E-state index contributed by atoms with van der Waals surface area (Å²) in [6.45, 7) is 3.16. The first-order valence-corrected chi connectivity index (χ1v) is 8.17. The number of hydrogen-bond acceptors (Lipinski definition) is 3. The maximum atomic E-state index is 13.1. The molecule has 1 saturated heterocycles. The molecule has 0 radical (unpaired) electrons. The van der Waals surface area contributed by atoms with E-state index >= 15 is 0 Å². The van der Waals surface area contributed by atoms with E-state index in [1.165, 1.54) is 30.9 Å². The molecular weight excluding hydrogens is 361 g/mol. The van der Waals surface area contributed by atoms with Crippen LogP contribution in [-0.4, -0.2) is 37.0 Å². The molecular formula is C16H18ClF3N2O3. The van der Waals surface area contributed by atoms with Crippen LogP contribution in [0.15, 0.2) is 12.1 Å². The molecule has 2 aliphatic rings. The molecule has 3 rings (SSSR count). The fourth-order valence-electron chi connectivity index (χ4n) is 3.34. The lowest BCUT2D eigenvalue weighted by atomic mass is 9.73. The molecule has 1 aromatic rings. The van der Waals surface area contributed by atoms with Gasteiger partial charge in [0.2, 0.25) is 6.79 Å². The number of halogens is 4. The van der Waals surface area contributed by atoms with E-state index in [9.17, 15) is 18.0 Å². The zero-order valence-corrected chi connectivity index (χ0v) is 14.5. The summed E-state index contributed by atoms with van der Waals surface area (Å²) in [4.78, 5) is 13.8. The summed E-state index contributed by atoms with van der Waals surface area (Å²) in [5.41, 5.74) is -0.737. The van der Waals surface area contributed by atoms with E-state index in [2.05, 4.69) is 5.32 Å². The zero-order valence-electron chi connectivity index (χ0n) is 13.7. The molecule has 0 aliphatic carbocycles. The van der Waals surface area contributed by atoms with Gasteiger partial charge in [0, 0.05) is 25.2 Å². The van der Waals surface area contributed by atoms with E-state index in [1.54, 1.807) is 0 Å². The monoisotopic (exact) mass is 378 g/mol. The van der Waals surface area contributed by atoms with Gasteiger partial charge in [-0.25, -0.2) is 4.79 Å². The number of piperidine rings is 1. The van der Waals surface area contributed by atoms with Crippen molar-refractivity contribution in [1.82, 2.24) is 4.90 Å². The molecule has 1 atom stereocenters. The Morgan fingerprint density at radius 2 is 1.96 bits per heavy atom. The molecule has 1 fully saturated rings. The topological polar surface area (TPSA) is 50.8 Å². The number of urea groups is 1. The number of likely N-dealkylation sites (tertiary alicyclic amines) is 1. The highest BCUT2D eigenvalue weighted by molar-refractivity contribution is 6.34. The van der Waals surface area contributed by atoms with Gasteiger partial charge in [-0.1, -0.05) is 25.4 Å². The molecule has 2 aliphatic heterocycles. The third kappa shape index (κ3) is 3.58. The van der Waals surface area contributed by atoms with Crippen LogP contribution >= 0.6 is 11.6 Å². The molecule has 9 heteroatoms. The minimum atomic E-state index is -4.27. The van der Waals surface area contributed by atoms with Gasteiger partial charge in [0.15, 0.2) is 11.5 Å². The number of nitrogens with zero attached hydrogens (tertiary/aromatic N) is 1. The number of anilines is 1. The van der Waals surface area contributed by atoms with Crippen LogP contribution in [0.25, 0.3) is 0 Å². The number of amides is 2. The number of hydrogen-bond donors (Lipinski definition) is 1. The third-order valence-corrected chi connectivity index (χ3v) is 4.93. The number of carbonyl (C=O) groups is 1. The largest absolute Gasteiger partial charge is 0.454 e. The molecule has 138 valence electrons. The fraction of sp³-hybridized carbons (Fsp3) is 0.562. The van der Waals surface area contributed by atoms with Gasteiger partial charge < -0.3 is 19.7 Å². The minimum absolute atomic E-state index is 0.00514. The lowest BCUT2D eigenvalue weighted by Crippen LogP contribution is -2.53. The smallest absolute Gasteiger partial charge is 0.392 e. The van der Waals surface area contributed by atoms with Gasteiger partial charge in [0.05, 0.1) is 16.6 Å². The highest BCUT2D eigenvalue weighted by Gasteiger charge is 2.51. The fourth-order valence-corrected chi connectivity index (χ4v) is 3.55. The zero-order chi connectivity index (χ0) is 18.4. The van der Waals surface area contributed by atoms with Gasteiger partial charge in [-0.3, -0.25) is 0 Å². The second-order valence-corrected chi connectivity index (χ2v) is 7.32. The quantitative estimate of drug-likeness (QED) is 0.782. The van der Waals surface area contributed by atoms with Gasteiger partial charge in [0.1, 0.15) is 0 Å². The van der Waals surface area contributed by atoms with E-state index in [-0.39, 0.29) is 31.3 Å². The maximum Gasteiger partial charge on any atom is 0.392 e. The van der Waals surface area contributed by atoms with Crippen molar-refractivity contribution in [3.05, 3.63) is 17.2 Å².